The lowest BCUT2D eigenvalue weighted by Crippen LogP contribution is -2.25. The molecule has 20 heavy (non-hydrogen) atoms. The van der Waals surface area contributed by atoms with Gasteiger partial charge in [0.05, 0.1) is 11.3 Å². The van der Waals surface area contributed by atoms with E-state index in [0.29, 0.717) is 18.0 Å². The van der Waals surface area contributed by atoms with Crippen LogP contribution in [-0.4, -0.2) is 22.4 Å². The van der Waals surface area contributed by atoms with Gasteiger partial charge in [-0.2, -0.15) is 0 Å². The van der Waals surface area contributed by atoms with E-state index in [1.54, 1.807) is 24.7 Å². The van der Waals surface area contributed by atoms with Crippen molar-refractivity contribution < 1.29 is 4.79 Å². The molecule has 4 heteroatoms. The Bertz CT molecular complexity index is 550. The summed E-state index contributed by atoms with van der Waals surface area (Å²) in [5, 5.41) is 2.90. The monoisotopic (exact) mass is 269 g/mol. The second kappa shape index (κ2) is 6.80. The van der Waals surface area contributed by atoms with Gasteiger partial charge in [0, 0.05) is 30.7 Å². The maximum absolute atomic E-state index is 11.9. The molecule has 104 valence electrons. The van der Waals surface area contributed by atoms with E-state index in [9.17, 15) is 4.79 Å². The summed E-state index contributed by atoms with van der Waals surface area (Å²) < 4.78 is 0. The number of nitrogens with zero attached hydrogens (tertiary/aromatic N) is 2. The topological polar surface area (TPSA) is 54.9 Å². The zero-order chi connectivity index (χ0) is 14.4. The molecule has 0 saturated carbocycles. The lowest BCUT2D eigenvalue weighted by molar-refractivity contribution is 0.0951. The third-order valence-electron chi connectivity index (χ3n) is 2.99. The molecule has 0 spiro atoms. The van der Waals surface area contributed by atoms with Crippen LogP contribution in [0.3, 0.4) is 0 Å². The van der Waals surface area contributed by atoms with Crippen LogP contribution >= 0.6 is 0 Å². The Balaban J connectivity index is 1.99. The Morgan fingerprint density at radius 1 is 1.25 bits per heavy atom. The van der Waals surface area contributed by atoms with Crippen LogP contribution in [0.15, 0.2) is 42.9 Å². The van der Waals surface area contributed by atoms with Gasteiger partial charge in [-0.25, -0.2) is 0 Å². The number of pyridine rings is 2. The Morgan fingerprint density at radius 3 is 2.70 bits per heavy atom. The smallest absolute Gasteiger partial charge is 0.252 e. The number of rotatable bonds is 5. The van der Waals surface area contributed by atoms with Gasteiger partial charge >= 0.3 is 0 Å². The van der Waals surface area contributed by atoms with Crippen LogP contribution in [0.2, 0.25) is 0 Å². The largest absolute Gasteiger partial charge is 0.352 e. The minimum absolute atomic E-state index is 0.0733. The summed E-state index contributed by atoms with van der Waals surface area (Å²) in [6.07, 6.45) is 6.06. The lowest BCUT2D eigenvalue weighted by Gasteiger charge is -2.07. The summed E-state index contributed by atoms with van der Waals surface area (Å²) in [6, 6.07) is 7.44. The van der Waals surface area contributed by atoms with Gasteiger partial charge < -0.3 is 5.32 Å². The quantitative estimate of drug-likeness (QED) is 0.908. The van der Waals surface area contributed by atoms with Crippen LogP contribution in [0, 0.1) is 5.92 Å². The van der Waals surface area contributed by atoms with Gasteiger partial charge in [-0.15, -0.1) is 0 Å². The molecule has 2 heterocycles. The van der Waals surface area contributed by atoms with Gasteiger partial charge in [-0.3, -0.25) is 14.8 Å². The normalized spacial score (nSPS) is 10.6. The minimum atomic E-state index is -0.0733. The van der Waals surface area contributed by atoms with Crippen LogP contribution < -0.4 is 5.32 Å². The summed E-state index contributed by atoms with van der Waals surface area (Å²) in [6.45, 7) is 4.97. The van der Waals surface area contributed by atoms with Gasteiger partial charge in [-0.1, -0.05) is 13.8 Å². The van der Waals surface area contributed by atoms with Crippen molar-refractivity contribution in [2.75, 3.05) is 6.54 Å². The van der Waals surface area contributed by atoms with Crippen molar-refractivity contribution in [2.45, 2.75) is 20.3 Å². The molecule has 2 aromatic rings. The van der Waals surface area contributed by atoms with Crippen molar-refractivity contribution in [3.63, 3.8) is 0 Å². The van der Waals surface area contributed by atoms with Gasteiger partial charge in [0.2, 0.25) is 0 Å². The molecule has 0 bridgehead atoms. The van der Waals surface area contributed by atoms with Crippen molar-refractivity contribution >= 4 is 5.91 Å². The highest BCUT2D eigenvalue weighted by molar-refractivity contribution is 5.94. The molecule has 2 rings (SSSR count). The van der Waals surface area contributed by atoms with Crippen molar-refractivity contribution in [3.8, 4) is 11.3 Å². The number of amides is 1. The van der Waals surface area contributed by atoms with Crippen molar-refractivity contribution in [1.82, 2.24) is 15.3 Å². The fourth-order valence-electron chi connectivity index (χ4n) is 1.79. The first kappa shape index (κ1) is 14.2. The Kier molecular flexibility index (Phi) is 4.82. The highest BCUT2D eigenvalue weighted by Gasteiger charge is 2.06. The SMILES string of the molecule is CC(C)CCNC(=O)c1ccc(-c2cccnc2)nc1. The molecular weight excluding hydrogens is 250 g/mol. The Labute approximate surface area is 119 Å². The summed E-state index contributed by atoms with van der Waals surface area (Å²) >= 11 is 0. The predicted molar refractivity (Wildman–Crippen MR) is 79.3 cm³/mol. The summed E-state index contributed by atoms with van der Waals surface area (Å²) in [5.74, 6) is 0.511. The number of hydrogen-bond donors (Lipinski definition) is 1. The number of nitrogens with one attached hydrogen (secondary N) is 1. The Hall–Kier alpha value is -2.23. The number of carbonyl (C=O) groups excluding carboxylic acids is 1. The second-order valence-corrected chi connectivity index (χ2v) is 5.11. The van der Waals surface area contributed by atoms with Gasteiger partial charge in [0.25, 0.3) is 5.91 Å². The zero-order valence-electron chi connectivity index (χ0n) is 11.8. The molecule has 0 aliphatic rings. The van der Waals surface area contributed by atoms with Crippen LogP contribution in [-0.2, 0) is 0 Å². The zero-order valence-corrected chi connectivity index (χ0v) is 11.8. The molecule has 4 nitrogen and oxygen atoms in total. The number of carbonyl (C=O) groups is 1. The first-order valence-electron chi connectivity index (χ1n) is 6.81. The Morgan fingerprint density at radius 2 is 2.10 bits per heavy atom. The van der Waals surface area contributed by atoms with Gasteiger partial charge in [0.1, 0.15) is 0 Å². The fourth-order valence-corrected chi connectivity index (χ4v) is 1.79. The van der Waals surface area contributed by atoms with E-state index < -0.39 is 0 Å². The average Bonchev–Trinajstić information content (AvgIpc) is 2.48. The van der Waals surface area contributed by atoms with Crippen molar-refractivity contribution in [1.29, 1.82) is 0 Å². The van der Waals surface area contributed by atoms with Crippen LogP contribution in [0.5, 0.6) is 0 Å². The highest BCUT2D eigenvalue weighted by atomic mass is 16.1. The molecular formula is C16H19N3O. The maximum atomic E-state index is 11.9. The molecule has 1 amide bonds. The molecule has 0 saturated heterocycles. The van der Waals surface area contributed by atoms with Crippen LogP contribution in [0.25, 0.3) is 11.3 Å². The van der Waals surface area contributed by atoms with E-state index in [1.165, 1.54) is 0 Å². The molecule has 0 aliphatic carbocycles. The molecule has 0 unspecified atom stereocenters. The second-order valence-electron chi connectivity index (χ2n) is 5.11. The van der Waals surface area contributed by atoms with Gasteiger partial charge in [-0.05, 0) is 36.6 Å². The number of aromatic nitrogens is 2. The van der Waals surface area contributed by atoms with Crippen molar-refractivity contribution in [3.05, 3.63) is 48.4 Å². The summed E-state index contributed by atoms with van der Waals surface area (Å²) in [7, 11) is 0. The molecule has 0 fully saturated rings. The van der Waals surface area contributed by atoms with E-state index in [-0.39, 0.29) is 5.91 Å². The van der Waals surface area contributed by atoms with E-state index in [4.69, 9.17) is 0 Å². The molecule has 0 atom stereocenters. The predicted octanol–water partition coefficient (Wildman–Crippen LogP) is 2.92. The third-order valence-corrected chi connectivity index (χ3v) is 2.99. The fraction of sp³-hybridized carbons (Fsp3) is 0.312. The number of hydrogen-bond acceptors (Lipinski definition) is 3. The standard InChI is InChI=1S/C16H19N3O/c1-12(2)7-9-18-16(20)14-5-6-15(19-11-14)13-4-3-8-17-10-13/h3-6,8,10-12H,7,9H2,1-2H3,(H,18,20). The van der Waals surface area contributed by atoms with Gasteiger partial charge in [0.15, 0.2) is 0 Å². The molecule has 0 aliphatic heterocycles. The summed E-state index contributed by atoms with van der Waals surface area (Å²) in [4.78, 5) is 20.3. The summed E-state index contributed by atoms with van der Waals surface area (Å²) in [5.41, 5.74) is 2.34. The molecule has 0 radical (unpaired) electrons. The van der Waals surface area contributed by atoms with E-state index in [1.807, 2.05) is 18.2 Å². The highest BCUT2D eigenvalue weighted by Crippen LogP contribution is 2.15. The van der Waals surface area contributed by atoms with Crippen molar-refractivity contribution in [2.24, 2.45) is 5.92 Å². The minimum Gasteiger partial charge on any atom is -0.352 e. The third kappa shape index (κ3) is 3.88. The first-order chi connectivity index (χ1) is 9.66. The van der Waals surface area contributed by atoms with Crippen LogP contribution in [0.4, 0.5) is 0 Å². The lowest BCUT2D eigenvalue weighted by atomic mass is 10.1. The van der Waals surface area contributed by atoms with E-state index >= 15 is 0 Å². The van der Waals surface area contributed by atoms with Crippen LogP contribution in [0.1, 0.15) is 30.6 Å². The average molecular weight is 269 g/mol. The van der Waals surface area contributed by atoms with E-state index in [0.717, 1.165) is 17.7 Å². The molecule has 1 N–H and O–H groups in total. The first-order valence-corrected chi connectivity index (χ1v) is 6.81. The molecule has 2 aromatic heterocycles. The maximum Gasteiger partial charge on any atom is 0.252 e. The van der Waals surface area contributed by atoms with E-state index in [2.05, 4.69) is 29.1 Å². The molecule has 0 aromatic carbocycles.